The van der Waals surface area contributed by atoms with Crippen LogP contribution in [0.25, 0.3) is 0 Å². The topological polar surface area (TPSA) is 3.24 Å². The Morgan fingerprint density at radius 3 is 1.29 bits per heavy atom. The highest BCUT2D eigenvalue weighted by Crippen LogP contribution is 2.00. The quantitative estimate of drug-likeness (QED) is 0.653. The van der Waals surface area contributed by atoms with E-state index in [-0.39, 0.29) is 0 Å². The van der Waals surface area contributed by atoms with Crippen LogP contribution in [-0.2, 0) is 0 Å². The van der Waals surface area contributed by atoms with Crippen molar-refractivity contribution in [3.05, 3.63) is 0 Å². The Morgan fingerprint density at radius 2 is 1.29 bits per heavy atom. The molecule has 0 saturated heterocycles. The number of hydrogen-bond acceptors (Lipinski definition) is 1. The van der Waals surface area contributed by atoms with Gasteiger partial charge in [0, 0.05) is 0 Å². The van der Waals surface area contributed by atoms with Gasteiger partial charge >= 0.3 is 0 Å². The summed E-state index contributed by atoms with van der Waals surface area (Å²) in [4.78, 5) is 2.25. The number of nitrogens with zero attached hydrogens (tertiary/aromatic N) is 1. The smallest absolute Gasteiger partial charge is 0.00504 e. The molecule has 90 valence electrons. The fourth-order valence-electron chi connectivity index (χ4n) is 0.801. The van der Waals surface area contributed by atoms with E-state index < -0.39 is 0 Å². The standard InChI is InChI=1S/C6H14.C5H13N.C2H6/c1-4-5-6(2)3;1-4-6(3)5-2;1-2/h6H,4-5H2,1-3H3;4-5H2,1-3H3;1-2H3. The molecule has 0 N–H and O–H groups in total. The van der Waals surface area contributed by atoms with Gasteiger partial charge in [-0.2, -0.15) is 0 Å². The molecule has 0 fully saturated rings. The maximum absolute atomic E-state index is 2.25. The van der Waals surface area contributed by atoms with Gasteiger partial charge in [0.05, 0.1) is 0 Å². The van der Waals surface area contributed by atoms with Crippen molar-refractivity contribution in [1.82, 2.24) is 4.90 Å². The minimum Gasteiger partial charge on any atom is -0.307 e. The van der Waals surface area contributed by atoms with Crippen molar-refractivity contribution < 1.29 is 0 Å². The lowest BCUT2D eigenvalue weighted by Crippen LogP contribution is -2.15. The van der Waals surface area contributed by atoms with Gasteiger partial charge in [0.25, 0.3) is 0 Å². The minimum atomic E-state index is 0.898. The molecule has 0 aromatic rings. The maximum Gasteiger partial charge on any atom is -0.00504 e. The van der Waals surface area contributed by atoms with Crippen LogP contribution in [0.1, 0.15) is 61.3 Å². The predicted molar refractivity (Wildman–Crippen MR) is 69.9 cm³/mol. The van der Waals surface area contributed by atoms with Crippen LogP contribution in [-0.4, -0.2) is 25.0 Å². The average molecular weight is 203 g/mol. The summed E-state index contributed by atoms with van der Waals surface area (Å²) >= 11 is 0. The molecule has 0 radical (unpaired) electrons. The van der Waals surface area contributed by atoms with E-state index in [4.69, 9.17) is 0 Å². The third kappa shape index (κ3) is 29.7. The molecule has 0 unspecified atom stereocenters. The fourth-order valence-corrected chi connectivity index (χ4v) is 0.801. The Bertz CT molecular complexity index is 65.6. The molecule has 0 aliphatic rings. The molecule has 0 rings (SSSR count). The van der Waals surface area contributed by atoms with Gasteiger partial charge in [-0.1, -0.05) is 61.3 Å². The van der Waals surface area contributed by atoms with E-state index in [9.17, 15) is 0 Å². The third-order valence-corrected chi connectivity index (χ3v) is 1.95. The summed E-state index contributed by atoms with van der Waals surface area (Å²) in [7, 11) is 2.11. The molecule has 0 atom stereocenters. The first-order valence-corrected chi connectivity index (χ1v) is 6.26. The van der Waals surface area contributed by atoms with Crippen LogP contribution in [0.3, 0.4) is 0 Å². The first-order valence-electron chi connectivity index (χ1n) is 6.26. The second kappa shape index (κ2) is 18.7. The molecule has 1 heteroatoms. The molecule has 1 nitrogen and oxygen atoms in total. The molecule has 0 amide bonds. The van der Waals surface area contributed by atoms with Crippen LogP contribution in [0.2, 0.25) is 0 Å². The SMILES string of the molecule is CC.CCCC(C)C.CCN(C)CC. The zero-order valence-electron chi connectivity index (χ0n) is 11.9. The second-order valence-electron chi connectivity index (χ2n) is 3.67. The molecule has 14 heavy (non-hydrogen) atoms. The Balaban J connectivity index is -0.000000147. The van der Waals surface area contributed by atoms with Crippen LogP contribution >= 0.6 is 0 Å². The average Bonchev–Trinajstić information content (AvgIpc) is 2.20. The van der Waals surface area contributed by atoms with Crippen LogP contribution in [0.15, 0.2) is 0 Å². The van der Waals surface area contributed by atoms with E-state index in [1.807, 2.05) is 13.8 Å². The summed E-state index contributed by atoms with van der Waals surface area (Å²) in [6.45, 7) is 17.4. The van der Waals surface area contributed by atoms with Crippen molar-refractivity contribution in [1.29, 1.82) is 0 Å². The Hall–Kier alpha value is -0.0400. The van der Waals surface area contributed by atoms with E-state index in [2.05, 4.69) is 46.6 Å². The monoisotopic (exact) mass is 203 g/mol. The second-order valence-corrected chi connectivity index (χ2v) is 3.67. The van der Waals surface area contributed by atoms with Gasteiger partial charge in [0.15, 0.2) is 0 Å². The lowest BCUT2D eigenvalue weighted by atomic mass is 10.1. The largest absolute Gasteiger partial charge is 0.307 e. The lowest BCUT2D eigenvalue weighted by Gasteiger charge is -2.07. The van der Waals surface area contributed by atoms with Crippen molar-refractivity contribution >= 4 is 0 Å². The van der Waals surface area contributed by atoms with Crippen LogP contribution in [0.4, 0.5) is 0 Å². The van der Waals surface area contributed by atoms with Crippen LogP contribution in [0, 0.1) is 5.92 Å². The van der Waals surface area contributed by atoms with E-state index in [0.717, 1.165) is 19.0 Å². The number of hydrogen-bond donors (Lipinski definition) is 0. The van der Waals surface area contributed by atoms with Crippen LogP contribution < -0.4 is 0 Å². The highest BCUT2D eigenvalue weighted by Gasteiger charge is 1.85. The van der Waals surface area contributed by atoms with Gasteiger partial charge in [-0.15, -0.1) is 0 Å². The predicted octanol–water partition coefficient (Wildman–Crippen LogP) is 4.43. The molecule has 0 aromatic carbocycles. The van der Waals surface area contributed by atoms with Gasteiger partial charge in [-0.3, -0.25) is 0 Å². The lowest BCUT2D eigenvalue weighted by molar-refractivity contribution is 0.373. The van der Waals surface area contributed by atoms with E-state index in [1.165, 1.54) is 12.8 Å². The van der Waals surface area contributed by atoms with E-state index in [0.29, 0.717) is 0 Å². The van der Waals surface area contributed by atoms with Gasteiger partial charge < -0.3 is 4.90 Å². The van der Waals surface area contributed by atoms with Gasteiger partial charge in [-0.05, 0) is 26.1 Å². The number of rotatable bonds is 4. The Labute approximate surface area is 92.9 Å². The molecule has 0 heterocycles. The van der Waals surface area contributed by atoms with E-state index in [1.54, 1.807) is 0 Å². The summed E-state index contributed by atoms with van der Waals surface area (Å²) in [5, 5.41) is 0. The molecule has 0 bridgehead atoms. The molecule has 0 aromatic heterocycles. The zero-order chi connectivity index (χ0) is 12.0. The van der Waals surface area contributed by atoms with Gasteiger partial charge in [0.2, 0.25) is 0 Å². The van der Waals surface area contributed by atoms with E-state index >= 15 is 0 Å². The molecule has 0 spiro atoms. The summed E-state index contributed by atoms with van der Waals surface area (Å²) < 4.78 is 0. The van der Waals surface area contributed by atoms with Gasteiger partial charge in [-0.25, -0.2) is 0 Å². The summed E-state index contributed by atoms with van der Waals surface area (Å²) in [5.41, 5.74) is 0. The van der Waals surface area contributed by atoms with Crippen molar-refractivity contribution in [3.8, 4) is 0 Å². The highest BCUT2D eigenvalue weighted by atomic mass is 15.1. The molecular weight excluding hydrogens is 170 g/mol. The fraction of sp³-hybridized carbons (Fsp3) is 1.00. The Morgan fingerprint density at radius 1 is 0.929 bits per heavy atom. The molecule has 0 aliphatic carbocycles. The van der Waals surface area contributed by atoms with Crippen molar-refractivity contribution in [3.63, 3.8) is 0 Å². The first-order chi connectivity index (χ1) is 6.58. The molecule has 0 aliphatic heterocycles. The minimum absolute atomic E-state index is 0.898. The summed E-state index contributed by atoms with van der Waals surface area (Å²) in [6, 6.07) is 0. The Kier molecular flexibility index (Phi) is 26.1. The van der Waals surface area contributed by atoms with Crippen molar-refractivity contribution in [2.45, 2.75) is 61.3 Å². The highest BCUT2D eigenvalue weighted by molar-refractivity contribution is 4.38. The maximum atomic E-state index is 2.25. The molecular formula is C13H33N. The molecule has 0 saturated carbocycles. The zero-order valence-corrected chi connectivity index (χ0v) is 11.9. The van der Waals surface area contributed by atoms with Crippen molar-refractivity contribution in [2.24, 2.45) is 5.92 Å². The first kappa shape index (κ1) is 19.5. The third-order valence-electron chi connectivity index (χ3n) is 1.95. The van der Waals surface area contributed by atoms with Crippen molar-refractivity contribution in [2.75, 3.05) is 20.1 Å². The summed E-state index contributed by atoms with van der Waals surface area (Å²) in [5.74, 6) is 0.898. The van der Waals surface area contributed by atoms with Gasteiger partial charge in [0.1, 0.15) is 0 Å². The summed E-state index contributed by atoms with van der Waals surface area (Å²) in [6.07, 6.45) is 2.71. The normalized spacial score (nSPS) is 9.00. The van der Waals surface area contributed by atoms with Crippen LogP contribution in [0.5, 0.6) is 0 Å².